The second-order valence-electron chi connectivity index (χ2n) is 7.80. The Hall–Kier alpha value is -3.35. The van der Waals surface area contributed by atoms with Gasteiger partial charge >= 0.3 is 0 Å². The Bertz CT molecular complexity index is 1170. The number of aromatic amines is 1. The summed E-state index contributed by atoms with van der Waals surface area (Å²) in [6.45, 7) is 0.593. The summed E-state index contributed by atoms with van der Waals surface area (Å²) in [6, 6.07) is 9.48. The number of fused-ring (bicyclic) bond motifs is 2. The molecule has 0 bridgehead atoms. The van der Waals surface area contributed by atoms with E-state index in [1.807, 2.05) is 35.2 Å². The van der Waals surface area contributed by atoms with Crippen LogP contribution in [-0.2, 0) is 6.42 Å². The second-order valence-corrected chi connectivity index (χ2v) is 7.80. The summed E-state index contributed by atoms with van der Waals surface area (Å²) < 4.78 is 11.8. The van der Waals surface area contributed by atoms with Crippen LogP contribution in [0.3, 0.4) is 0 Å². The minimum absolute atomic E-state index is 0.147. The van der Waals surface area contributed by atoms with E-state index in [4.69, 9.17) is 8.83 Å². The number of aromatic nitrogens is 3. The topological polar surface area (TPSA) is 88.2 Å². The zero-order valence-corrected chi connectivity index (χ0v) is 15.8. The molecule has 6 rings (SSSR count). The maximum Gasteiger partial charge on any atom is 0.292 e. The molecule has 7 nitrogen and oxygen atoms in total. The zero-order valence-electron chi connectivity index (χ0n) is 15.8. The molecule has 1 atom stereocenters. The summed E-state index contributed by atoms with van der Waals surface area (Å²) in [4.78, 5) is 27.6. The van der Waals surface area contributed by atoms with E-state index in [2.05, 4.69) is 15.0 Å². The van der Waals surface area contributed by atoms with Crippen LogP contribution >= 0.6 is 0 Å². The molecule has 1 aliphatic heterocycles. The number of rotatable bonds is 3. The van der Waals surface area contributed by atoms with Crippen molar-refractivity contribution in [1.82, 2.24) is 19.9 Å². The highest BCUT2D eigenvalue weighted by Crippen LogP contribution is 2.42. The van der Waals surface area contributed by atoms with Gasteiger partial charge in [0.05, 0.1) is 17.7 Å². The molecule has 1 aromatic carbocycles. The molecule has 146 valence electrons. The molecule has 1 amide bonds. The van der Waals surface area contributed by atoms with Crippen LogP contribution in [0, 0.1) is 0 Å². The van der Waals surface area contributed by atoms with Gasteiger partial charge in [0.2, 0.25) is 5.76 Å². The molecule has 1 saturated carbocycles. The minimum atomic E-state index is -0.407. The highest BCUT2D eigenvalue weighted by atomic mass is 16.4. The van der Waals surface area contributed by atoms with Crippen molar-refractivity contribution in [3.8, 4) is 0 Å². The normalized spacial score (nSPS) is 19.3. The number of furan rings is 1. The van der Waals surface area contributed by atoms with E-state index < -0.39 is 6.04 Å². The lowest BCUT2D eigenvalue weighted by Gasteiger charge is -2.27. The van der Waals surface area contributed by atoms with E-state index >= 15 is 0 Å². The largest absolute Gasteiger partial charge is 0.458 e. The van der Waals surface area contributed by atoms with Crippen LogP contribution in [-0.4, -0.2) is 32.3 Å². The molecule has 7 heteroatoms. The van der Waals surface area contributed by atoms with Gasteiger partial charge < -0.3 is 18.7 Å². The maximum atomic E-state index is 13.6. The van der Waals surface area contributed by atoms with Crippen molar-refractivity contribution < 1.29 is 13.6 Å². The van der Waals surface area contributed by atoms with Crippen molar-refractivity contribution in [1.29, 1.82) is 0 Å². The van der Waals surface area contributed by atoms with Crippen LogP contribution in [0.1, 0.15) is 64.6 Å². The number of benzene rings is 1. The lowest BCUT2D eigenvalue weighted by Crippen LogP contribution is -2.36. The van der Waals surface area contributed by atoms with Crippen LogP contribution in [0.15, 0.2) is 51.9 Å². The van der Waals surface area contributed by atoms with Gasteiger partial charge in [-0.15, -0.1) is 0 Å². The van der Waals surface area contributed by atoms with Gasteiger partial charge in [0.25, 0.3) is 5.91 Å². The van der Waals surface area contributed by atoms with E-state index in [-0.39, 0.29) is 5.91 Å². The molecular weight excluding hydrogens is 368 g/mol. The maximum absolute atomic E-state index is 13.6. The Morgan fingerprint density at radius 1 is 1.17 bits per heavy atom. The van der Waals surface area contributed by atoms with Crippen molar-refractivity contribution in [2.45, 2.75) is 37.6 Å². The van der Waals surface area contributed by atoms with Gasteiger partial charge in [-0.3, -0.25) is 4.79 Å². The molecule has 0 radical (unpaired) electrons. The minimum Gasteiger partial charge on any atom is -0.458 e. The summed E-state index contributed by atoms with van der Waals surface area (Å²) in [6.07, 6.45) is 6.87. The summed E-state index contributed by atoms with van der Waals surface area (Å²) in [7, 11) is 0. The van der Waals surface area contributed by atoms with Crippen molar-refractivity contribution in [2.24, 2.45) is 0 Å². The third-order valence-corrected chi connectivity index (χ3v) is 5.88. The number of carbonyl (C=O) groups excluding carboxylic acids is 1. The summed E-state index contributed by atoms with van der Waals surface area (Å²) in [5.74, 6) is 1.26. The number of para-hydroxylation sites is 1. The molecular formula is C22H20N4O3. The van der Waals surface area contributed by atoms with E-state index in [0.29, 0.717) is 24.0 Å². The molecule has 0 spiro atoms. The van der Waals surface area contributed by atoms with Gasteiger partial charge in [0.1, 0.15) is 17.4 Å². The molecule has 1 fully saturated rings. The van der Waals surface area contributed by atoms with Crippen LogP contribution < -0.4 is 0 Å². The standard InChI is InChI=1S/C22H20N4O3/c27-22(21-18(13-7-8-13)25-12-28-21)26-9-3-5-15-19(24-11-23-15)20(26)17-10-14-4-1-2-6-16(14)29-17/h1-2,4,6,10-13,20H,3,5,7-9H2,(H,23,24)/t20-/m1/s1. The number of hydrogen-bond acceptors (Lipinski definition) is 5. The third kappa shape index (κ3) is 2.68. The number of amides is 1. The summed E-state index contributed by atoms with van der Waals surface area (Å²) in [5, 5.41) is 1.01. The molecule has 0 unspecified atom stereocenters. The van der Waals surface area contributed by atoms with Gasteiger partial charge in [-0.2, -0.15) is 0 Å². The number of hydrogen-bond donors (Lipinski definition) is 1. The number of aryl methyl sites for hydroxylation is 1. The van der Waals surface area contributed by atoms with Crippen LogP contribution in [0.4, 0.5) is 0 Å². The monoisotopic (exact) mass is 388 g/mol. The van der Waals surface area contributed by atoms with E-state index in [9.17, 15) is 4.79 Å². The number of H-pyrrole nitrogens is 1. The molecule has 4 aromatic rings. The van der Waals surface area contributed by atoms with Crippen LogP contribution in [0.2, 0.25) is 0 Å². The fraction of sp³-hybridized carbons (Fsp3) is 0.318. The first-order valence-electron chi connectivity index (χ1n) is 10.0. The Morgan fingerprint density at radius 3 is 2.93 bits per heavy atom. The molecule has 1 N–H and O–H groups in total. The lowest BCUT2D eigenvalue weighted by molar-refractivity contribution is 0.0657. The lowest BCUT2D eigenvalue weighted by atomic mass is 10.1. The second kappa shape index (κ2) is 6.34. The number of carbonyl (C=O) groups is 1. The number of imidazole rings is 1. The van der Waals surface area contributed by atoms with Crippen molar-refractivity contribution in [3.63, 3.8) is 0 Å². The van der Waals surface area contributed by atoms with Gasteiger partial charge in [-0.1, -0.05) is 18.2 Å². The zero-order chi connectivity index (χ0) is 19.4. The first-order chi connectivity index (χ1) is 14.3. The number of nitrogens with zero attached hydrogens (tertiary/aromatic N) is 3. The van der Waals surface area contributed by atoms with Gasteiger partial charge in [-0.25, -0.2) is 9.97 Å². The highest BCUT2D eigenvalue weighted by Gasteiger charge is 2.39. The Labute approximate surface area is 166 Å². The van der Waals surface area contributed by atoms with E-state index in [1.54, 1.807) is 6.33 Å². The number of nitrogens with one attached hydrogen (secondary N) is 1. The molecule has 29 heavy (non-hydrogen) atoms. The fourth-order valence-electron chi connectivity index (χ4n) is 4.31. The molecule has 1 aliphatic carbocycles. The SMILES string of the molecule is O=C(c1ocnc1C1CC1)N1CCCc2[nH]cnc2[C@H]1c1cc2ccccc2o1. The first-order valence-corrected chi connectivity index (χ1v) is 10.0. The van der Waals surface area contributed by atoms with Gasteiger partial charge in [0, 0.05) is 23.5 Å². The summed E-state index contributed by atoms with van der Waals surface area (Å²) in [5.41, 5.74) is 3.47. The van der Waals surface area contributed by atoms with Crippen LogP contribution in [0.25, 0.3) is 11.0 Å². The van der Waals surface area contributed by atoms with E-state index in [0.717, 1.165) is 53.7 Å². The first kappa shape index (κ1) is 16.6. The Balaban J connectivity index is 1.48. The predicted octanol–water partition coefficient (Wildman–Crippen LogP) is 4.20. The quantitative estimate of drug-likeness (QED) is 0.568. The average molecular weight is 388 g/mol. The summed E-state index contributed by atoms with van der Waals surface area (Å²) >= 11 is 0. The van der Waals surface area contributed by atoms with Crippen molar-refractivity contribution in [3.05, 3.63) is 71.7 Å². The molecule has 2 aliphatic rings. The average Bonchev–Trinajstić information content (AvgIpc) is 3.15. The van der Waals surface area contributed by atoms with Crippen molar-refractivity contribution in [2.75, 3.05) is 6.54 Å². The van der Waals surface area contributed by atoms with Crippen molar-refractivity contribution >= 4 is 16.9 Å². The molecule has 3 aromatic heterocycles. The Kier molecular flexibility index (Phi) is 3.62. The van der Waals surface area contributed by atoms with Gasteiger partial charge in [-0.05, 0) is 37.8 Å². The van der Waals surface area contributed by atoms with E-state index in [1.165, 1.54) is 6.39 Å². The fourth-order valence-corrected chi connectivity index (χ4v) is 4.31. The van der Waals surface area contributed by atoms with Crippen LogP contribution in [0.5, 0.6) is 0 Å². The third-order valence-electron chi connectivity index (χ3n) is 5.88. The van der Waals surface area contributed by atoms with Gasteiger partial charge in [0.15, 0.2) is 6.39 Å². The number of oxazole rings is 1. The predicted molar refractivity (Wildman–Crippen MR) is 104 cm³/mol. The smallest absolute Gasteiger partial charge is 0.292 e. The molecule has 4 heterocycles. The highest BCUT2D eigenvalue weighted by molar-refractivity contribution is 5.93. The Morgan fingerprint density at radius 2 is 2.07 bits per heavy atom. The molecule has 0 saturated heterocycles.